The first-order chi connectivity index (χ1) is 9.83. The fourth-order valence-electron chi connectivity index (χ4n) is 1.07. The van der Waals surface area contributed by atoms with Crippen molar-refractivity contribution in [3.63, 3.8) is 0 Å². The molecule has 0 aromatic carbocycles. The van der Waals surface area contributed by atoms with Crippen LogP contribution in [0, 0.1) is 5.41 Å². The minimum atomic E-state index is -1.16. The molecule has 0 unspecified atom stereocenters. The minimum absolute atomic E-state index is 0. The van der Waals surface area contributed by atoms with E-state index in [1.165, 1.54) is 51.9 Å². The summed E-state index contributed by atoms with van der Waals surface area (Å²) < 4.78 is 0. The third kappa shape index (κ3) is 42.7. The third-order valence-corrected chi connectivity index (χ3v) is 2.39. The molecule has 0 aliphatic rings. The van der Waals surface area contributed by atoms with Crippen molar-refractivity contribution >= 4 is 17.7 Å². The molecular weight excluding hydrogens is 293 g/mol. The fraction of sp³-hybridized carbons (Fsp3) is 0.688. The predicted molar refractivity (Wildman–Crippen MR) is 88.3 cm³/mol. The number of hydrogen-bond donors (Lipinski definition) is 3. The number of unbranched alkanes of at least 4 members (excludes halogenated alkanes) is 6. The van der Waals surface area contributed by atoms with E-state index in [9.17, 15) is 9.59 Å². The van der Waals surface area contributed by atoms with Gasteiger partial charge in [-0.1, -0.05) is 52.0 Å². The van der Waals surface area contributed by atoms with Gasteiger partial charge in [-0.05, 0) is 19.8 Å². The van der Waals surface area contributed by atoms with Crippen LogP contribution in [0.3, 0.4) is 0 Å². The largest absolute Gasteiger partial charge is 1.00 e. The average molecular weight is 325 g/mol. The topological polar surface area (TPSA) is 98.5 Å². The molecule has 0 atom stereocenters. The summed E-state index contributed by atoms with van der Waals surface area (Å²) in [5.41, 5.74) is -0.324. The van der Waals surface area contributed by atoms with Crippen molar-refractivity contribution in [2.24, 2.45) is 0 Å². The number of aliphatic carboxylic acids is 2. The summed E-state index contributed by atoms with van der Waals surface area (Å²) in [5.74, 6) is -1.90. The van der Waals surface area contributed by atoms with Crippen LogP contribution in [0.4, 0.5) is 0 Å². The molecule has 0 bridgehead atoms. The molecule has 0 fully saturated rings. The van der Waals surface area contributed by atoms with Crippen LogP contribution in [0.5, 0.6) is 0 Å². The Morgan fingerprint density at radius 3 is 1.73 bits per heavy atom. The molecule has 22 heavy (non-hydrogen) atoms. The van der Waals surface area contributed by atoms with E-state index in [4.69, 9.17) is 15.6 Å². The standard InChI is InChI=1S/C10H20.C3H5NO2.C3H6O2.Na.H/c1-3-5-7-9-10-8-6-4-2;1-2(4)3(5)6;1-2-3(4)5;;/h3H,1,4-10H2,2H3;4H,1H3,(H,5,6);2H2,1H3,(H,4,5);;/q;;;+1;-1. The molecule has 0 saturated heterocycles. The normalized spacial score (nSPS) is 8.14. The van der Waals surface area contributed by atoms with Gasteiger partial charge in [0.2, 0.25) is 0 Å². The van der Waals surface area contributed by atoms with Crippen LogP contribution in [0.1, 0.15) is 73.6 Å². The number of carbonyl (C=O) groups is 2. The second-order valence-electron chi connectivity index (χ2n) is 4.52. The number of rotatable bonds is 9. The van der Waals surface area contributed by atoms with Crippen molar-refractivity contribution in [1.82, 2.24) is 0 Å². The molecule has 0 heterocycles. The van der Waals surface area contributed by atoms with E-state index in [1.807, 2.05) is 6.08 Å². The van der Waals surface area contributed by atoms with E-state index < -0.39 is 11.9 Å². The molecule has 126 valence electrons. The van der Waals surface area contributed by atoms with Crippen LogP contribution in [-0.4, -0.2) is 27.9 Å². The Bertz CT molecular complexity index is 288. The average Bonchev–Trinajstić information content (AvgIpc) is 2.44. The summed E-state index contributed by atoms with van der Waals surface area (Å²) in [6, 6.07) is 0. The van der Waals surface area contributed by atoms with Crippen molar-refractivity contribution in [3.05, 3.63) is 12.7 Å². The van der Waals surface area contributed by atoms with Gasteiger partial charge in [0, 0.05) is 6.42 Å². The van der Waals surface area contributed by atoms with Gasteiger partial charge >= 0.3 is 41.5 Å². The fourth-order valence-corrected chi connectivity index (χ4v) is 1.07. The van der Waals surface area contributed by atoms with E-state index in [-0.39, 0.29) is 43.1 Å². The zero-order chi connectivity index (χ0) is 17.1. The molecule has 0 rings (SSSR count). The van der Waals surface area contributed by atoms with Gasteiger partial charge in [0.1, 0.15) is 5.71 Å². The van der Waals surface area contributed by atoms with Crippen LogP contribution in [0.25, 0.3) is 0 Å². The maximum atomic E-state index is 9.47. The van der Waals surface area contributed by atoms with Gasteiger partial charge in [-0.15, -0.1) is 6.58 Å². The van der Waals surface area contributed by atoms with Gasteiger partial charge < -0.3 is 11.6 Å². The Balaban J connectivity index is -0.0000000725. The summed E-state index contributed by atoms with van der Waals surface area (Å²) in [6.45, 7) is 8.77. The van der Waals surface area contributed by atoms with Crippen LogP contribution in [0.2, 0.25) is 0 Å². The number of allylic oxidation sites excluding steroid dienone is 1. The second-order valence-corrected chi connectivity index (χ2v) is 4.52. The first-order valence-electron chi connectivity index (χ1n) is 7.44. The van der Waals surface area contributed by atoms with E-state index in [0.29, 0.717) is 0 Å². The Morgan fingerprint density at radius 1 is 1.09 bits per heavy atom. The van der Waals surface area contributed by atoms with Gasteiger partial charge in [0.05, 0.1) is 0 Å². The minimum Gasteiger partial charge on any atom is -1.00 e. The predicted octanol–water partition coefficient (Wildman–Crippen LogP) is 1.63. The van der Waals surface area contributed by atoms with E-state index >= 15 is 0 Å². The Morgan fingerprint density at radius 2 is 1.45 bits per heavy atom. The molecule has 0 spiro atoms. The van der Waals surface area contributed by atoms with Gasteiger partial charge in [-0.2, -0.15) is 0 Å². The Labute approximate surface area is 158 Å². The molecular formula is C16H32NNaO4. The molecule has 0 amide bonds. The van der Waals surface area contributed by atoms with Crippen LogP contribution < -0.4 is 29.6 Å². The summed E-state index contributed by atoms with van der Waals surface area (Å²) in [4.78, 5) is 18.8. The van der Waals surface area contributed by atoms with Crippen molar-refractivity contribution in [2.45, 2.75) is 72.1 Å². The Hall–Kier alpha value is -0.650. The van der Waals surface area contributed by atoms with Gasteiger partial charge in [-0.3, -0.25) is 10.2 Å². The molecule has 0 radical (unpaired) electrons. The monoisotopic (exact) mass is 325 g/mol. The van der Waals surface area contributed by atoms with E-state index in [0.717, 1.165) is 0 Å². The second kappa shape index (κ2) is 25.3. The Kier molecular flexibility index (Phi) is 33.8. The van der Waals surface area contributed by atoms with Crippen molar-refractivity contribution in [1.29, 1.82) is 5.41 Å². The molecule has 6 heteroatoms. The van der Waals surface area contributed by atoms with Crippen molar-refractivity contribution < 1.29 is 50.8 Å². The SMILES string of the molecule is C=CCCCCCCCC.CC(=N)C(=O)O.CCC(=O)O.[H-].[Na+]. The number of nitrogens with one attached hydrogen (secondary N) is 1. The molecule has 0 aromatic rings. The maximum absolute atomic E-state index is 9.47. The van der Waals surface area contributed by atoms with Gasteiger partial charge in [0.25, 0.3) is 0 Å². The first kappa shape index (κ1) is 29.4. The van der Waals surface area contributed by atoms with Crippen molar-refractivity contribution in [3.8, 4) is 0 Å². The zero-order valence-electron chi connectivity index (χ0n) is 15.7. The van der Waals surface area contributed by atoms with Gasteiger partial charge in [-0.25, -0.2) is 4.79 Å². The van der Waals surface area contributed by atoms with E-state index in [1.54, 1.807) is 6.92 Å². The van der Waals surface area contributed by atoms with Crippen LogP contribution >= 0.6 is 0 Å². The van der Waals surface area contributed by atoms with Gasteiger partial charge in [0.15, 0.2) is 0 Å². The molecule has 3 N–H and O–H groups in total. The molecule has 0 aliphatic heterocycles. The van der Waals surface area contributed by atoms with Crippen molar-refractivity contribution in [2.75, 3.05) is 0 Å². The van der Waals surface area contributed by atoms with Crippen LogP contribution in [0.15, 0.2) is 12.7 Å². The maximum Gasteiger partial charge on any atom is 1.00 e. The molecule has 0 aliphatic carbocycles. The number of carboxylic acid groups (broad SMARTS) is 2. The number of carboxylic acids is 2. The quantitative estimate of drug-likeness (QED) is 0.260. The first-order valence-corrected chi connectivity index (χ1v) is 7.44. The number of hydrogen-bond acceptors (Lipinski definition) is 3. The summed E-state index contributed by atoms with van der Waals surface area (Å²) in [6.07, 6.45) is 11.8. The zero-order valence-corrected chi connectivity index (χ0v) is 16.7. The molecule has 0 saturated carbocycles. The summed E-state index contributed by atoms with van der Waals surface area (Å²) in [7, 11) is 0. The smallest absolute Gasteiger partial charge is 1.00 e. The summed E-state index contributed by atoms with van der Waals surface area (Å²) in [5, 5.41) is 21.8. The third-order valence-electron chi connectivity index (χ3n) is 2.39. The molecule has 5 nitrogen and oxygen atoms in total. The van der Waals surface area contributed by atoms with E-state index in [2.05, 4.69) is 13.5 Å². The molecule has 0 aromatic heterocycles. The van der Waals surface area contributed by atoms with Crippen LogP contribution in [-0.2, 0) is 9.59 Å². The summed E-state index contributed by atoms with van der Waals surface area (Å²) >= 11 is 0.